The molecule has 0 aliphatic carbocycles. The van der Waals surface area contributed by atoms with Gasteiger partial charge < -0.3 is 24.7 Å². The Bertz CT molecular complexity index is 1340. The van der Waals surface area contributed by atoms with Crippen LogP contribution in [0.5, 0.6) is 5.75 Å². The van der Waals surface area contributed by atoms with Crippen LogP contribution in [0.2, 0.25) is 0 Å². The third-order valence-corrected chi connectivity index (χ3v) is 7.85. The molecule has 2 aromatic carbocycles. The van der Waals surface area contributed by atoms with Gasteiger partial charge in [0, 0.05) is 35.5 Å². The van der Waals surface area contributed by atoms with E-state index >= 15 is 0 Å². The molecule has 38 heavy (non-hydrogen) atoms. The Morgan fingerprint density at radius 2 is 1.84 bits per heavy atom. The van der Waals surface area contributed by atoms with E-state index in [-0.39, 0.29) is 16.0 Å². The molecule has 1 aliphatic heterocycles. The van der Waals surface area contributed by atoms with Crippen LogP contribution < -0.4 is 10.1 Å². The van der Waals surface area contributed by atoms with Crippen molar-refractivity contribution in [2.24, 2.45) is 5.16 Å². The second kappa shape index (κ2) is 11.9. The molecular formula is C28H33N3O6S. The van der Waals surface area contributed by atoms with Crippen molar-refractivity contribution in [1.29, 1.82) is 0 Å². The predicted molar refractivity (Wildman–Crippen MR) is 148 cm³/mol. The summed E-state index contributed by atoms with van der Waals surface area (Å²) < 4.78 is 16.4. The largest absolute Gasteiger partial charge is 0.492 e. The van der Waals surface area contributed by atoms with Gasteiger partial charge in [0.1, 0.15) is 17.2 Å². The fraction of sp³-hybridized carbons (Fsp3) is 0.393. The fourth-order valence-electron chi connectivity index (χ4n) is 4.21. The van der Waals surface area contributed by atoms with Crippen LogP contribution in [0.3, 0.4) is 0 Å². The fourth-order valence-corrected chi connectivity index (χ4v) is 5.30. The van der Waals surface area contributed by atoms with Crippen molar-refractivity contribution in [3.8, 4) is 5.75 Å². The molecule has 1 fully saturated rings. The number of morpholine rings is 1. The molecule has 2 heterocycles. The van der Waals surface area contributed by atoms with Crippen LogP contribution in [0.25, 0.3) is 10.8 Å². The molecule has 4 rings (SSSR count). The van der Waals surface area contributed by atoms with Gasteiger partial charge in [-0.15, -0.1) is 11.3 Å². The Hall–Kier alpha value is -3.47. The minimum Gasteiger partial charge on any atom is -0.492 e. The Morgan fingerprint density at radius 1 is 1.13 bits per heavy atom. The van der Waals surface area contributed by atoms with Crippen molar-refractivity contribution in [1.82, 2.24) is 4.90 Å². The third-order valence-electron chi connectivity index (χ3n) is 6.31. The zero-order chi connectivity index (χ0) is 27.3. The first-order chi connectivity index (χ1) is 18.2. The topological polar surface area (TPSA) is 110 Å². The number of nitrogens with one attached hydrogen (secondary N) is 1. The number of carbonyl (C=O) groups excluding carboxylic acids is 2. The molecule has 2 N–H and O–H groups in total. The van der Waals surface area contributed by atoms with E-state index in [9.17, 15) is 14.8 Å². The molecule has 0 spiro atoms. The van der Waals surface area contributed by atoms with Crippen LogP contribution in [0.4, 0.5) is 5.69 Å². The lowest BCUT2D eigenvalue weighted by atomic mass is 9.94. The number of hydrogen-bond acceptors (Lipinski definition) is 9. The van der Waals surface area contributed by atoms with E-state index in [4.69, 9.17) is 14.2 Å². The highest BCUT2D eigenvalue weighted by Gasteiger charge is 2.27. The summed E-state index contributed by atoms with van der Waals surface area (Å²) in [6, 6.07) is 12.7. The van der Waals surface area contributed by atoms with Gasteiger partial charge in [0.15, 0.2) is 5.71 Å². The van der Waals surface area contributed by atoms with Crippen LogP contribution in [0.1, 0.15) is 40.9 Å². The molecule has 0 saturated carbocycles. The van der Waals surface area contributed by atoms with Crippen LogP contribution in [0.15, 0.2) is 47.6 Å². The lowest BCUT2D eigenvalue weighted by Crippen LogP contribution is -2.38. The summed E-state index contributed by atoms with van der Waals surface area (Å²) in [5.41, 5.74) is 0.329. The van der Waals surface area contributed by atoms with Gasteiger partial charge in [-0.2, -0.15) is 0 Å². The minimum atomic E-state index is -0.651. The number of anilines is 1. The first-order valence-electron chi connectivity index (χ1n) is 12.4. The standard InChI is InChI=1S/C28H33N3O6S/c1-28(2,3)23-17-21(25(38-23)27(33)35-4)29-26(32)24(30-34)20-9-10-22(19-8-6-5-7-18(19)20)37-16-13-31-11-14-36-15-12-31/h5-10,17,34H,11-16H2,1-4H3,(H,29,32)/b30-24+. The number of thiophene rings is 1. The molecule has 1 aliphatic rings. The van der Waals surface area contributed by atoms with E-state index in [2.05, 4.69) is 15.4 Å². The smallest absolute Gasteiger partial charge is 0.350 e. The van der Waals surface area contributed by atoms with Gasteiger partial charge >= 0.3 is 5.97 Å². The van der Waals surface area contributed by atoms with Crippen molar-refractivity contribution in [3.63, 3.8) is 0 Å². The Morgan fingerprint density at radius 3 is 2.50 bits per heavy atom. The zero-order valence-corrected chi connectivity index (χ0v) is 22.9. The number of rotatable bonds is 8. The van der Waals surface area contributed by atoms with Gasteiger partial charge in [0.05, 0.1) is 26.0 Å². The van der Waals surface area contributed by atoms with E-state index in [0.29, 0.717) is 29.0 Å². The van der Waals surface area contributed by atoms with E-state index in [1.165, 1.54) is 18.4 Å². The van der Waals surface area contributed by atoms with E-state index < -0.39 is 11.9 Å². The van der Waals surface area contributed by atoms with Crippen LogP contribution in [0, 0.1) is 0 Å². The first kappa shape index (κ1) is 27.6. The summed E-state index contributed by atoms with van der Waals surface area (Å²) in [7, 11) is 1.29. The van der Waals surface area contributed by atoms with Crippen molar-refractivity contribution >= 4 is 45.4 Å². The molecule has 0 atom stereocenters. The number of methoxy groups -OCH3 is 1. The molecule has 0 unspecified atom stereocenters. The molecule has 3 aromatic rings. The van der Waals surface area contributed by atoms with Gasteiger partial charge in [0.25, 0.3) is 5.91 Å². The Labute approximate surface area is 226 Å². The lowest BCUT2D eigenvalue weighted by molar-refractivity contribution is -0.110. The monoisotopic (exact) mass is 539 g/mol. The van der Waals surface area contributed by atoms with Gasteiger partial charge in [-0.05, 0) is 29.0 Å². The average Bonchev–Trinajstić information content (AvgIpc) is 3.34. The summed E-state index contributed by atoms with van der Waals surface area (Å²) in [4.78, 5) is 29.2. The van der Waals surface area contributed by atoms with E-state index in [1.54, 1.807) is 18.2 Å². The van der Waals surface area contributed by atoms with Gasteiger partial charge in [0.2, 0.25) is 0 Å². The molecule has 9 nitrogen and oxygen atoms in total. The minimum absolute atomic E-state index is 0.180. The Kier molecular flexibility index (Phi) is 8.65. The number of esters is 1. The lowest BCUT2D eigenvalue weighted by Gasteiger charge is -2.26. The van der Waals surface area contributed by atoms with E-state index in [0.717, 1.165) is 43.1 Å². The second-order valence-corrected chi connectivity index (χ2v) is 11.0. The van der Waals surface area contributed by atoms with Gasteiger partial charge in [-0.1, -0.05) is 50.2 Å². The van der Waals surface area contributed by atoms with Crippen molar-refractivity contribution in [2.75, 3.05) is 51.9 Å². The first-order valence-corrected chi connectivity index (χ1v) is 13.3. The Balaban J connectivity index is 1.58. The summed E-state index contributed by atoms with van der Waals surface area (Å²) in [5.74, 6) is -0.523. The normalized spacial score (nSPS) is 14.9. The van der Waals surface area contributed by atoms with Crippen LogP contribution in [-0.4, -0.2) is 74.3 Å². The zero-order valence-electron chi connectivity index (χ0n) is 22.1. The maximum atomic E-state index is 13.3. The number of amides is 1. The number of hydrogen-bond donors (Lipinski definition) is 2. The summed E-state index contributed by atoms with van der Waals surface area (Å²) in [6.45, 7) is 10.6. The predicted octanol–water partition coefficient (Wildman–Crippen LogP) is 4.51. The maximum absolute atomic E-state index is 13.3. The molecule has 1 aromatic heterocycles. The molecule has 0 radical (unpaired) electrons. The second-order valence-electron chi connectivity index (χ2n) is 9.96. The van der Waals surface area contributed by atoms with Crippen molar-refractivity contribution in [2.45, 2.75) is 26.2 Å². The summed E-state index contributed by atoms with van der Waals surface area (Å²) >= 11 is 1.26. The van der Waals surface area contributed by atoms with Crippen molar-refractivity contribution in [3.05, 3.63) is 57.8 Å². The SMILES string of the molecule is COC(=O)c1sc(C(C)(C)C)cc1NC(=O)/C(=N/O)c1ccc(OCCN2CCOCC2)c2ccccc12. The number of carbonyl (C=O) groups is 2. The number of fused-ring (bicyclic) bond motifs is 1. The highest BCUT2D eigenvalue weighted by molar-refractivity contribution is 7.14. The number of ether oxygens (including phenoxy) is 3. The number of nitrogens with zero attached hydrogens (tertiary/aromatic N) is 2. The molecule has 0 bridgehead atoms. The molecule has 10 heteroatoms. The van der Waals surface area contributed by atoms with Gasteiger partial charge in [-0.25, -0.2) is 4.79 Å². The number of benzene rings is 2. The summed E-state index contributed by atoms with van der Waals surface area (Å²) in [5, 5.41) is 17.5. The quantitative estimate of drug-likeness (QED) is 0.188. The van der Waals surface area contributed by atoms with Crippen LogP contribution >= 0.6 is 11.3 Å². The number of oxime groups is 1. The van der Waals surface area contributed by atoms with E-state index in [1.807, 2.05) is 45.0 Å². The molecule has 202 valence electrons. The molecular weight excluding hydrogens is 506 g/mol. The van der Waals surface area contributed by atoms with Crippen molar-refractivity contribution < 1.29 is 29.0 Å². The van der Waals surface area contributed by atoms with Gasteiger partial charge in [-0.3, -0.25) is 9.69 Å². The summed E-state index contributed by atoms with van der Waals surface area (Å²) in [6.07, 6.45) is 0. The highest BCUT2D eigenvalue weighted by atomic mass is 32.1. The highest BCUT2D eigenvalue weighted by Crippen LogP contribution is 2.36. The average molecular weight is 540 g/mol. The maximum Gasteiger partial charge on any atom is 0.350 e. The molecule has 1 saturated heterocycles. The third kappa shape index (κ3) is 6.15. The molecule has 1 amide bonds. The van der Waals surface area contributed by atoms with Crippen LogP contribution in [-0.2, 0) is 19.7 Å².